The van der Waals surface area contributed by atoms with E-state index in [1.807, 2.05) is 43.0 Å². The highest BCUT2D eigenvalue weighted by molar-refractivity contribution is 6.31. The normalized spacial score (nSPS) is 14.7. The number of nitrogens with zero attached hydrogens (tertiary/aromatic N) is 3. The molecular formula is C26H30ClN3O2. The molecule has 0 N–H and O–H groups in total. The predicted octanol–water partition coefficient (Wildman–Crippen LogP) is 5.69. The number of halogens is 1. The highest BCUT2D eigenvalue weighted by Crippen LogP contribution is 2.34. The van der Waals surface area contributed by atoms with Crippen LogP contribution >= 0.6 is 11.6 Å². The molecule has 1 aliphatic carbocycles. The van der Waals surface area contributed by atoms with Crippen LogP contribution in [0.3, 0.4) is 0 Å². The van der Waals surface area contributed by atoms with Gasteiger partial charge in [0, 0.05) is 17.5 Å². The Morgan fingerprint density at radius 1 is 1.16 bits per heavy atom. The predicted molar refractivity (Wildman–Crippen MR) is 129 cm³/mol. The molecule has 32 heavy (non-hydrogen) atoms. The van der Waals surface area contributed by atoms with E-state index in [1.54, 1.807) is 22.8 Å². The first-order chi connectivity index (χ1) is 15.3. The van der Waals surface area contributed by atoms with Gasteiger partial charge in [-0.15, -0.1) is 0 Å². The number of aromatic nitrogens is 2. The lowest BCUT2D eigenvalue weighted by Gasteiger charge is -2.31. The Balaban J connectivity index is 1.89. The minimum absolute atomic E-state index is 0.0964. The fourth-order valence-electron chi connectivity index (χ4n) is 4.00. The van der Waals surface area contributed by atoms with E-state index in [0.717, 1.165) is 30.5 Å². The van der Waals surface area contributed by atoms with Crippen molar-refractivity contribution in [2.75, 3.05) is 6.54 Å². The van der Waals surface area contributed by atoms with Gasteiger partial charge in [0.2, 0.25) is 5.91 Å². The SMILES string of the molecule is Cc1ccc(-n2c(C(C)N(CCC(C)C)C(=O)C3CC3)nc3cc(Cl)ccc3c2=O)cc1. The fraction of sp³-hybridized carbons (Fsp3) is 0.423. The molecule has 1 heterocycles. The maximum absolute atomic E-state index is 13.6. The van der Waals surface area contributed by atoms with Gasteiger partial charge in [0.1, 0.15) is 5.82 Å². The van der Waals surface area contributed by atoms with Crippen molar-refractivity contribution in [3.63, 3.8) is 0 Å². The number of hydrogen-bond acceptors (Lipinski definition) is 3. The second-order valence-corrected chi connectivity index (χ2v) is 9.71. The van der Waals surface area contributed by atoms with Crippen molar-refractivity contribution in [1.29, 1.82) is 0 Å². The average Bonchev–Trinajstić information content (AvgIpc) is 3.59. The summed E-state index contributed by atoms with van der Waals surface area (Å²) in [7, 11) is 0. The van der Waals surface area contributed by atoms with E-state index in [2.05, 4.69) is 13.8 Å². The molecule has 3 aromatic rings. The van der Waals surface area contributed by atoms with E-state index in [9.17, 15) is 9.59 Å². The maximum Gasteiger partial charge on any atom is 0.266 e. The van der Waals surface area contributed by atoms with Crippen molar-refractivity contribution >= 4 is 28.4 Å². The van der Waals surface area contributed by atoms with Gasteiger partial charge in [0.15, 0.2) is 0 Å². The first kappa shape index (κ1) is 22.5. The molecular weight excluding hydrogens is 422 g/mol. The van der Waals surface area contributed by atoms with Crippen LogP contribution in [0.25, 0.3) is 16.6 Å². The van der Waals surface area contributed by atoms with Crippen LogP contribution in [-0.4, -0.2) is 26.9 Å². The van der Waals surface area contributed by atoms with Gasteiger partial charge in [-0.3, -0.25) is 14.2 Å². The van der Waals surface area contributed by atoms with Crippen LogP contribution in [0.15, 0.2) is 47.3 Å². The topological polar surface area (TPSA) is 55.2 Å². The molecule has 1 aromatic heterocycles. The molecule has 0 aliphatic heterocycles. The van der Waals surface area contributed by atoms with E-state index < -0.39 is 0 Å². The van der Waals surface area contributed by atoms with Crippen LogP contribution in [-0.2, 0) is 4.79 Å². The Hall–Kier alpha value is -2.66. The lowest BCUT2D eigenvalue weighted by Crippen LogP contribution is -2.39. The Morgan fingerprint density at radius 3 is 2.47 bits per heavy atom. The zero-order valence-corrected chi connectivity index (χ0v) is 19.9. The summed E-state index contributed by atoms with van der Waals surface area (Å²) in [5.74, 6) is 1.29. The fourth-order valence-corrected chi connectivity index (χ4v) is 4.16. The summed E-state index contributed by atoms with van der Waals surface area (Å²) in [5.41, 5.74) is 2.25. The van der Waals surface area contributed by atoms with E-state index in [0.29, 0.717) is 34.2 Å². The van der Waals surface area contributed by atoms with Gasteiger partial charge in [-0.1, -0.05) is 43.1 Å². The molecule has 1 saturated carbocycles. The molecule has 1 aliphatic rings. The molecule has 1 amide bonds. The third-order valence-corrected chi connectivity index (χ3v) is 6.38. The second kappa shape index (κ2) is 9.07. The second-order valence-electron chi connectivity index (χ2n) is 9.27. The number of fused-ring (bicyclic) bond motifs is 1. The third kappa shape index (κ3) is 4.58. The van der Waals surface area contributed by atoms with Gasteiger partial charge in [-0.2, -0.15) is 0 Å². The van der Waals surface area contributed by atoms with Gasteiger partial charge < -0.3 is 4.90 Å². The summed E-state index contributed by atoms with van der Waals surface area (Å²) >= 11 is 6.21. The number of carbonyl (C=O) groups excluding carboxylic acids is 1. The molecule has 168 valence electrons. The van der Waals surface area contributed by atoms with Crippen molar-refractivity contribution in [2.24, 2.45) is 11.8 Å². The summed E-state index contributed by atoms with van der Waals surface area (Å²) in [6.45, 7) is 8.94. The lowest BCUT2D eigenvalue weighted by atomic mass is 10.1. The van der Waals surface area contributed by atoms with E-state index in [1.165, 1.54) is 0 Å². The van der Waals surface area contributed by atoms with E-state index in [-0.39, 0.29) is 23.4 Å². The minimum Gasteiger partial charge on any atom is -0.333 e. The first-order valence-corrected chi connectivity index (χ1v) is 11.7. The highest BCUT2D eigenvalue weighted by Gasteiger charge is 2.36. The molecule has 0 radical (unpaired) electrons. The number of aryl methyl sites for hydroxylation is 1. The van der Waals surface area contributed by atoms with Gasteiger partial charge >= 0.3 is 0 Å². The number of hydrogen-bond donors (Lipinski definition) is 0. The summed E-state index contributed by atoms with van der Waals surface area (Å²) in [6, 6.07) is 12.6. The summed E-state index contributed by atoms with van der Waals surface area (Å²) < 4.78 is 1.66. The lowest BCUT2D eigenvalue weighted by molar-refractivity contribution is -0.135. The molecule has 2 aromatic carbocycles. The largest absolute Gasteiger partial charge is 0.333 e. The van der Waals surface area contributed by atoms with Crippen LogP contribution in [0.2, 0.25) is 5.02 Å². The molecule has 4 rings (SSSR count). The minimum atomic E-state index is -0.348. The van der Waals surface area contributed by atoms with Gasteiger partial charge in [0.25, 0.3) is 5.56 Å². The first-order valence-electron chi connectivity index (χ1n) is 11.4. The van der Waals surface area contributed by atoms with Crippen LogP contribution in [0.4, 0.5) is 0 Å². The van der Waals surface area contributed by atoms with Gasteiger partial charge in [0.05, 0.1) is 22.6 Å². The Morgan fingerprint density at radius 2 is 1.84 bits per heavy atom. The summed E-state index contributed by atoms with van der Waals surface area (Å²) in [4.78, 5) is 33.7. The summed E-state index contributed by atoms with van der Waals surface area (Å²) in [6.07, 6.45) is 2.78. The van der Waals surface area contributed by atoms with Crippen molar-refractivity contribution in [3.05, 3.63) is 69.2 Å². The smallest absolute Gasteiger partial charge is 0.266 e. The summed E-state index contributed by atoms with van der Waals surface area (Å²) in [5, 5.41) is 1.04. The molecule has 0 bridgehead atoms. The number of benzene rings is 2. The molecule has 6 heteroatoms. The third-order valence-electron chi connectivity index (χ3n) is 6.15. The Bertz CT molecular complexity index is 1200. The van der Waals surface area contributed by atoms with Crippen molar-refractivity contribution < 1.29 is 4.79 Å². The monoisotopic (exact) mass is 451 g/mol. The number of carbonyl (C=O) groups is 1. The van der Waals surface area contributed by atoms with Crippen LogP contribution in [0.5, 0.6) is 0 Å². The van der Waals surface area contributed by atoms with Crippen molar-refractivity contribution in [2.45, 2.75) is 53.0 Å². The zero-order chi connectivity index (χ0) is 23.0. The molecule has 0 spiro atoms. The number of amides is 1. The Labute approximate surface area is 194 Å². The molecule has 1 unspecified atom stereocenters. The Kier molecular flexibility index (Phi) is 6.38. The quantitative estimate of drug-likeness (QED) is 0.463. The van der Waals surface area contributed by atoms with E-state index >= 15 is 0 Å². The van der Waals surface area contributed by atoms with Gasteiger partial charge in [-0.25, -0.2) is 4.98 Å². The highest BCUT2D eigenvalue weighted by atomic mass is 35.5. The van der Waals surface area contributed by atoms with Crippen LogP contribution < -0.4 is 5.56 Å². The molecule has 5 nitrogen and oxygen atoms in total. The van der Waals surface area contributed by atoms with Crippen LogP contribution in [0, 0.1) is 18.8 Å². The zero-order valence-electron chi connectivity index (χ0n) is 19.1. The standard InChI is InChI=1S/C26H30ClN3O2/c1-16(2)13-14-29(25(31)19-7-8-19)18(4)24-28-23-15-20(27)9-12-22(23)26(32)30(24)21-10-5-17(3)6-11-21/h5-6,9-12,15-16,18-19H,7-8,13-14H2,1-4H3. The molecule has 1 atom stereocenters. The van der Waals surface area contributed by atoms with Gasteiger partial charge in [-0.05, 0) is 69.4 Å². The van der Waals surface area contributed by atoms with Crippen molar-refractivity contribution in [3.8, 4) is 5.69 Å². The van der Waals surface area contributed by atoms with Crippen molar-refractivity contribution in [1.82, 2.24) is 14.5 Å². The van der Waals surface area contributed by atoms with E-state index in [4.69, 9.17) is 16.6 Å². The molecule has 1 fully saturated rings. The maximum atomic E-state index is 13.6. The molecule has 0 saturated heterocycles. The number of rotatable bonds is 7. The average molecular weight is 452 g/mol. The van der Waals surface area contributed by atoms with Crippen LogP contribution in [0.1, 0.15) is 57.5 Å².